The van der Waals surface area contributed by atoms with E-state index in [1.54, 1.807) is 12.3 Å². The number of sulfonamides is 1. The molecule has 180 valence electrons. The van der Waals surface area contributed by atoms with E-state index in [9.17, 15) is 13.2 Å². The first-order valence-electron chi connectivity index (χ1n) is 11.7. The molecule has 1 aliphatic carbocycles. The fourth-order valence-corrected chi connectivity index (χ4v) is 5.55. The second kappa shape index (κ2) is 8.88. The van der Waals surface area contributed by atoms with Gasteiger partial charge in [-0.25, -0.2) is 9.97 Å². The summed E-state index contributed by atoms with van der Waals surface area (Å²) in [6, 6.07) is 11.7. The normalized spacial score (nSPS) is 13.8. The predicted octanol–water partition coefficient (Wildman–Crippen LogP) is 4.40. The van der Waals surface area contributed by atoms with Crippen LogP contribution in [0.4, 0.5) is 5.69 Å². The van der Waals surface area contributed by atoms with E-state index < -0.39 is 15.1 Å². The van der Waals surface area contributed by atoms with Gasteiger partial charge in [0.2, 0.25) is 0 Å². The quantitative estimate of drug-likeness (QED) is 0.412. The first kappa shape index (κ1) is 23.2. The molecule has 0 aliphatic heterocycles. The van der Waals surface area contributed by atoms with Crippen molar-refractivity contribution in [2.24, 2.45) is 5.92 Å². The van der Waals surface area contributed by atoms with Crippen molar-refractivity contribution in [3.63, 3.8) is 0 Å². The molecule has 35 heavy (non-hydrogen) atoms. The van der Waals surface area contributed by atoms with Crippen molar-refractivity contribution >= 4 is 32.0 Å². The van der Waals surface area contributed by atoms with Crippen LogP contribution in [0, 0.1) is 19.8 Å². The van der Waals surface area contributed by atoms with Crippen LogP contribution in [0.25, 0.3) is 22.3 Å². The molecule has 0 atom stereocenters. The minimum Gasteiger partial charge on any atom is -0.308 e. The monoisotopic (exact) mass is 489 g/mol. The zero-order valence-corrected chi connectivity index (χ0v) is 20.8. The average molecular weight is 490 g/mol. The summed E-state index contributed by atoms with van der Waals surface area (Å²) in [6.07, 6.45) is 5.09. The standard InChI is InChI=1S/C26H27N5O3S/c1-4-23-29-24-16(2)13-17(3)28-25(24)31(23)15-18-5-7-19(8-6-18)21-11-12-27-14-22(21)30-35(33,34)26(32)20-9-10-20/h5-8,11-14,20,30H,4,9-10,15H2,1-3H3. The Labute approximate surface area is 204 Å². The molecule has 0 unspecified atom stereocenters. The third kappa shape index (κ3) is 4.55. The number of pyridine rings is 2. The van der Waals surface area contributed by atoms with Gasteiger partial charge in [0.15, 0.2) is 5.65 Å². The number of imidazole rings is 1. The second-order valence-electron chi connectivity index (χ2n) is 9.04. The lowest BCUT2D eigenvalue weighted by Gasteiger charge is -2.13. The van der Waals surface area contributed by atoms with E-state index in [1.165, 1.54) is 6.20 Å². The van der Waals surface area contributed by atoms with Gasteiger partial charge in [0.05, 0.1) is 18.4 Å². The Bertz CT molecular complexity index is 1540. The van der Waals surface area contributed by atoms with Crippen molar-refractivity contribution in [3.05, 3.63) is 71.4 Å². The molecule has 1 aliphatic rings. The van der Waals surface area contributed by atoms with Gasteiger partial charge in [-0.1, -0.05) is 31.2 Å². The molecule has 3 heterocycles. The van der Waals surface area contributed by atoms with Gasteiger partial charge >= 0.3 is 0 Å². The van der Waals surface area contributed by atoms with Crippen LogP contribution < -0.4 is 4.72 Å². The van der Waals surface area contributed by atoms with E-state index in [-0.39, 0.29) is 5.92 Å². The van der Waals surface area contributed by atoms with Gasteiger partial charge in [0, 0.05) is 29.8 Å². The maximum absolute atomic E-state index is 12.5. The van der Waals surface area contributed by atoms with Crippen LogP contribution in [0.15, 0.2) is 48.8 Å². The third-order valence-electron chi connectivity index (χ3n) is 6.26. The third-order valence-corrected chi connectivity index (χ3v) is 7.62. The highest BCUT2D eigenvalue weighted by atomic mass is 32.2. The molecule has 1 saturated carbocycles. The Morgan fingerprint density at radius 3 is 2.54 bits per heavy atom. The molecular weight excluding hydrogens is 462 g/mol. The predicted molar refractivity (Wildman–Crippen MR) is 135 cm³/mol. The van der Waals surface area contributed by atoms with Crippen molar-refractivity contribution in [1.82, 2.24) is 19.5 Å². The number of benzene rings is 1. The molecule has 0 bridgehead atoms. The molecule has 3 aromatic heterocycles. The minimum atomic E-state index is -4.10. The summed E-state index contributed by atoms with van der Waals surface area (Å²) in [5.41, 5.74) is 6.74. The number of carbonyl (C=O) groups excluding carboxylic acids is 1. The summed E-state index contributed by atoms with van der Waals surface area (Å²) in [6.45, 7) is 6.76. The highest BCUT2D eigenvalue weighted by molar-refractivity contribution is 8.07. The summed E-state index contributed by atoms with van der Waals surface area (Å²) in [7, 11) is -4.10. The molecule has 1 N–H and O–H groups in total. The van der Waals surface area contributed by atoms with Gasteiger partial charge in [0.25, 0.3) is 15.1 Å². The summed E-state index contributed by atoms with van der Waals surface area (Å²) < 4.78 is 29.6. The molecule has 5 rings (SSSR count). The minimum absolute atomic E-state index is 0.290. The van der Waals surface area contributed by atoms with E-state index in [1.807, 2.05) is 37.3 Å². The Kier molecular flexibility index (Phi) is 5.88. The number of hydrogen-bond donors (Lipinski definition) is 1. The van der Waals surface area contributed by atoms with Gasteiger partial charge in [-0.2, -0.15) is 8.42 Å². The van der Waals surface area contributed by atoms with E-state index in [0.29, 0.717) is 30.6 Å². The number of aryl methyl sites for hydroxylation is 3. The number of fused-ring (bicyclic) bond motifs is 1. The number of nitrogens with zero attached hydrogens (tertiary/aromatic N) is 4. The van der Waals surface area contributed by atoms with E-state index in [2.05, 4.69) is 28.1 Å². The number of carbonyl (C=O) groups is 1. The van der Waals surface area contributed by atoms with Gasteiger partial charge in [0.1, 0.15) is 11.3 Å². The largest absolute Gasteiger partial charge is 0.308 e. The fraction of sp³-hybridized carbons (Fsp3) is 0.308. The molecule has 8 nitrogen and oxygen atoms in total. The van der Waals surface area contributed by atoms with Crippen molar-refractivity contribution < 1.29 is 13.2 Å². The maximum atomic E-state index is 12.5. The van der Waals surface area contributed by atoms with Crippen molar-refractivity contribution in [2.75, 3.05) is 4.72 Å². The molecule has 9 heteroatoms. The van der Waals surface area contributed by atoms with Crippen LogP contribution in [-0.4, -0.2) is 33.1 Å². The topological polar surface area (TPSA) is 107 Å². The first-order chi connectivity index (χ1) is 16.8. The van der Waals surface area contributed by atoms with E-state index >= 15 is 0 Å². The lowest BCUT2D eigenvalue weighted by Crippen LogP contribution is -2.24. The molecule has 1 aromatic carbocycles. The van der Waals surface area contributed by atoms with Crippen molar-refractivity contribution in [2.45, 2.75) is 46.6 Å². The molecule has 4 aromatic rings. The van der Waals surface area contributed by atoms with Crippen LogP contribution in [0.3, 0.4) is 0 Å². The summed E-state index contributed by atoms with van der Waals surface area (Å²) in [5.74, 6) is 0.595. The highest BCUT2D eigenvalue weighted by Crippen LogP contribution is 2.34. The fourth-order valence-electron chi connectivity index (χ4n) is 4.32. The highest BCUT2D eigenvalue weighted by Gasteiger charge is 2.38. The van der Waals surface area contributed by atoms with Crippen molar-refractivity contribution in [1.29, 1.82) is 0 Å². The molecule has 0 saturated heterocycles. The van der Waals surface area contributed by atoms with Gasteiger partial charge in [-0.15, -0.1) is 0 Å². The van der Waals surface area contributed by atoms with Crippen LogP contribution >= 0.6 is 0 Å². The smallest absolute Gasteiger partial charge is 0.296 e. The molecular formula is C26H27N5O3S. The SMILES string of the molecule is CCc1nc2c(C)cc(C)nc2n1Cc1ccc(-c2ccncc2NS(=O)(=O)C(=O)C2CC2)cc1. The number of rotatable bonds is 7. The zero-order valence-electron chi connectivity index (χ0n) is 19.9. The number of aromatic nitrogens is 4. The summed E-state index contributed by atoms with van der Waals surface area (Å²) in [5, 5.41) is -0.749. The average Bonchev–Trinajstić information content (AvgIpc) is 3.62. The Hall–Kier alpha value is -3.59. The Balaban J connectivity index is 1.44. The molecule has 0 amide bonds. The van der Waals surface area contributed by atoms with Crippen LogP contribution in [-0.2, 0) is 27.8 Å². The van der Waals surface area contributed by atoms with Gasteiger partial charge < -0.3 is 4.57 Å². The van der Waals surface area contributed by atoms with E-state index in [4.69, 9.17) is 9.97 Å². The molecule has 0 spiro atoms. The lowest BCUT2D eigenvalue weighted by molar-refractivity contribution is -0.112. The summed E-state index contributed by atoms with van der Waals surface area (Å²) >= 11 is 0. The van der Waals surface area contributed by atoms with Gasteiger partial charge in [-0.05, 0) is 55.5 Å². The Morgan fingerprint density at radius 1 is 1.11 bits per heavy atom. The maximum Gasteiger partial charge on any atom is 0.296 e. The number of nitrogens with one attached hydrogen (secondary N) is 1. The van der Waals surface area contributed by atoms with Crippen LogP contribution in [0.2, 0.25) is 0 Å². The Morgan fingerprint density at radius 2 is 1.86 bits per heavy atom. The van der Waals surface area contributed by atoms with Crippen molar-refractivity contribution in [3.8, 4) is 11.1 Å². The summed E-state index contributed by atoms with van der Waals surface area (Å²) in [4.78, 5) is 25.8. The number of anilines is 1. The lowest BCUT2D eigenvalue weighted by atomic mass is 10.0. The number of hydrogen-bond acceptors (Lipinski definition) is 6. The van der Waals surface area contributed by atoms with E-state index in [0.717, 1.165) is 45.8 Å². The van der Waals surface area contributed by atoms with Crippen LogP contribution in [0.5, 0.6) is 0 Å². The first-order valence-corrected chi connectivity index (χ1v) is 13.2. The molecule has 1 fully saturated rings. The second-order valence-corrected chi connectivity index (χ2v) is 10.7. The van der Waals surface area contributed by atoms with Gasteiger partial charge in [-0.3, -0.25) is 14.5 Å². The molecule has 0 radical (unpaired) electrons. The zero-order chi connectivity index (χ0) is 24.7. The van der Waals surface area contributed by atoms with Crippen LogP contribution in [0.1, 0.15) is 42.4 Å².